The molecule has 0 N–H and O–H groups in total. The highest BCUT2D eigenvalue weighted by molar-refractivity contribution is 5.76. The van der Waals surface area contributed by atoms with E-state index in [2.05, 4.69) is 4.98 Å². The molecule has 0 saturated carbocycles. The number of hydrogen-bond donors (Lipinski definition) is 0. The molecule has 170 valence electrons. The highest BCUT2D eigenvalue weighted by atomic mass is 19.1. The first-order valence-corrected chi connectivity index (χ1v) is 11.1. The fourth-order valence-electron chi connectivity index (χ4n) is 3.99. The fourth-order valence-corrected chi connectivity index (χ4v) is 3.99. The molecule has 7 heteroatoms. The molecule has 1 fully saturated rings. The molecule has 2 aromatic carbocycles. The van der Waals surface area contributed by atoms with Crippen LogP contribution in [0, 0.1) is 5.82 Å². The standard InChI is InChI=1S/C25H30FN3O3/c1-25(2,3)32-24(30)28-15-7-6-8-20(28)17-31-23-27-21-9-4-5-10-22(21)29(23)16-18-11-13-19(26)14-12-18/h4-5,9-14,20H,6-8,15-17H2,1-3H3. The van der Waals surface area contributed by atoms with Crippen LogP contribution in [0.25, 0.3) is 11.0 Å². The molecule has 3 aromatic rings. The van der Waals surface area contributed by atoms with Crippen molar-refractivity contribution in [2.24, 2.45) is 0 Å². The molecule has 1 unspecified atom stereocenters. The first-order chi connectivity index (χ1) is 15.3. The number of piperidine rings is 1. The van der Waals surface area contributed by atoms with Gasteiger partial charge in [-0.05, 0) is 69.9 Å². The SMILES string of the molecule is CC(C)(C)OC(=O)N1CCCCC1COc1nc2ccccc2n1Cc1ccc(F)cc1. The van der Waals surface area contributed by atoms with Crippen LogP contribution in [-0.2, 0) is 11.3 Å². The van der Waals surface area contributed by atoms with Crippen LogP contribution in [0.2, 0.25) is 0 Å². The Morgan fingerprint density at radius 1 is 1.12 bits per heavy atom. The minimum atomic E-state index is -0.539. The Labute approximate surface area is 187 Å². The molecular weight excluding hydrogens is 409 g/mol. The van der Waals surface area contributed by atoms with Crippen molar-refractivity contribution in [1.29, 1.82) is 0 Å². The second kappa shape index (κ2) is 9.18. The number of carbonyl (C=O) groups is 1. The van der Waals surface area contributed by atoms with Gasteiger partial charge >= 0.3 is 6.09 Å². The number of para-hydroxylation sites is 2. The van der Waals surface area contributed by atoms with E-state index >= 15 is 0 Å². The number of ether oxygens (including phenoxy) is 2. The quantitative estimate of drug-likeness (QED) is 0.535. The molecular formula is C25H30FN3O3. The van der Waals surface area contributed by atoms with E-state index < -0.39 is 5.60 Å². The minimum Gasteiger partial charge on any atom is -0.462 e. The van der Waals surface area contributed by atoms with Crippen molar-refractivity contribution in [2.45, 2.75) is 58.2 Å². The van der Waals surface area contributed by atoms with Gasteiger partial charge in [-0.2, -0.15) is 4.98 Å². The number of likely N-dealkylation sites (tertiary alicyclic amines) is 1. The zero-order valence-electron chi connectivity index (χ0n) is 18.9. The maximum Gasteiger partial charge on any atom is 0.410 e. The summed E-state index contributed by atoms with van der Waals surface area (Å²) in [5, 5.41) is 0. The van der Waals surface area contributed by atoms with Crippen LogP contribution >= 0.6 is 0 Å². The van der Waals surface area contributed by atoms with E-state index in [4.69, 9.17) is 9.47 Å². The summed E-state index contributed by atoms with van der Waals surface area (Å²) in [5.74, 6) is -0.264. The molecule has 1 aromatic heterocycles. The summed E-state index contributed by atoms with van der Waals surface area (Å²) in [6.07, 6.45) is 2.56. The number of aromatic nitrogens is 2. The van der Waals surface area contributed by atoms with E-state index in [1.165, 1.54) is 12.1 Å². The summed E-state index contributed by atoms with van der Waals surface area (Å²) in [6.45, 7) is 7.13. The third kappa shape index (κ3) is 5.21. The summed E-state index contributed by atoms with van der Waals surface area (Å²) in [6, 6.07) is 14.7. The van der Waals surface area contributed by atoms with Crippen LogP contribution in [0.5, 0.6) is 6.01 Å². The van der Waals surface area contributed by atoms with Gasteiger partial charge in [-0.25, -0.2) is 9.18 Å². The van der Waals surface area contributed by atoms with Crippen LogP contribution in [0.1, 0.15) is 45.6 Å². The Morgan fingerprint density at radius 3 is 2.62 bits per heavy atom. The number of amides is 1. The Bertz CT molecular complexity index is 1070. The van der Waals surface area contributed by atoms with Gasteiger partial charge in [0.05, 0.1) is 23.6 Å². The fraction of sp³-hybridized carbons (Fsp3) is 0.440. The van der Waals surface area contributed by atoms with Crippen molar-refractivity contribution >= 4 is 17.1 Å². The first-order valence-electron chi connectivity index (χ1n) is 11.1. The van der Waals surface area contributed by atoms with Gasteiger partial charge in [0, 0.05) is 6.54 Å². The average molecular weight is 440 g/mol. The Balaban J connectivity index is 1.54. The van der Waals surface area contributed by atoms with Gasteiger partial charge in [0.25, 0.3) is 6.01 Å². The molecule has 1 aliphatic heterocycles. The van der Waals surface area contributed by atoms with Gasteiger partial charge in [-0.1, -0.05) is 24.3 Å². The third-order valence-corrected chi connectivity index (χ3v) is 5.53. The summed E-state index contributed by atoms with van der Waals surface area (Å²) >= 11 is 0. The van der Waals surface area contributed by atoms with Gasteiger partial charge in [-0.3, -0.25) is 4.57 Å². The monoisotopic (exact) mass is 439 g/mol. The van der Waals surface area contributed by atoms with Crippen molar-refractivity contribution in [3.63, 3.8) is 0 Å². The van der Waals surface area contributed by atoms with Crippen LogP contribution in [0.3, 0.4) is 0 Å². The highest BCUT2D eigenvalue weighted by Crippen LogP contribution is 2.25. The van der Waals surface area contributed by atoms with Crippen molar-refractivity contribution < 1.29 is 18.7 Å². The van der Waals surface area contributed by atoms with Crippen LogP contribution < -0.4 is 4.74 Å². The van der Waals surface area contributed by atoms with E-state index in [1.807, 2.05) is 49.6 Å². The molecule has 2 heterocycles. The lowest BCUT2D eigenvalue weighted by atomic mass is 10.0. The molecule has 1 atom stereocenters. The second-order valence-corrected chi connectivity index (χ2v) is 9.23. The molecule has 4 rings (SSSR count). The number of rotatable bonds is 5. The van der Waals surface area contributed by atoms with Crippen LogP contribution in [0.15, 0.2) is 48.5 Å². The summed E-state index contributed by atoms with van der Waals surface area (Å²) in [4.78, 5) is 19.2. The van der Waals surface area contributed by atoms with Crippen molar-refractivity contribution in [1.82, 2.24) is 14.5 Å². The largest absolute Gasteiger partial charge is 0.462 e. The van der Waals surface area contributed by atoms with E-state index in [9.17, 15) is 9.18 Å². The van der Waals surface area contributed by atoms with E-state index in [1.54, 1.807) is 17.0 Å². The molecule has 32 heavy (non-hydrogen) atoms. The Kier molecular flexibility index (Phi) is 6.35. The number of hydrogen-bond acceptors (Lipinski definition) is 4. The van der Waals surface area contributed by atoms with Gasteiger partial charge in [0.2, 0.25) is 0 Å². The number of halogens is 1. The van der Waals surface area contributed by atoms with Crippen LogP contribution in [0.4, 0.5) is 9.18 Å². The maximum absolute atomic E-state index is 13.3. The van der Waals surface area contributed by atoms with Gasteiger partial charge in [0.15, 0.2) is 0 Å². The number of imidazole rings is 1. The summed E-state index contributed by atoms with van der Waals surface area (Å²) in [5.41, 5.74) is 2.19. The Morgan fingerprint density at radius 2 is 1.88 bits per heavy atom. The van der Waals surface area contributed by atoms with E-state index in [0.717, 1.165) is 35.9 Å². The van der Waals surface area contributed by atoms with Gasteiger partial charge in [-0.15, -0.1) is 0 Å². The zero-order chi connectivity index (χ0) is 22.7. The number of benzene rings is 2. The third-order valence-electron chi connectivity index (χ3n) is 5.53. The minimum absolute atomic E-state index is 0.0716. The molecule has 0 radical (unpaired) electrons. The summed E-state index contributed by atoms with van der Waals surface area (Å²) in [7, 11) is 0. The number of fused-ring (bicyclic) bond motifs is 1. The Hall–Kier alpha value is -3.09. The normalized spacial score (nSPS) is 16.9. The smallest absolute Gasteiger partial charge is 0.410 e. The zero-order valence-corrected chi connectivity index (χ0v) is 18.9. The lowest BCUT2D eigenvalue weighted by Crippen LogP contribution is -2.48. The van der Waals surface area contributed by atoms with E-state index in [0.29, 0.717) is 25.7 Å². The summed E-state index contributed by atoms with van der Waals surface area (Å²) < 4.78 is 27.1. The highest BCUT2D eigenvalue weighted by Gasteiger charge is 2.31. The molecule has 1 amide bonds. The molecule has 0 aliphatic carbocycles. The lowest BCUT2D eigenvalue weighted by molar-refractivity contribution is 0.00290. The molecule has 0 bridgehead atoms. The molecule has 6 nitrogen and oxygen atoms in total. The lowest BCUT2D eigenvalue weighted by Gasteiger charge is -2.36. The molecule has 1 aliphatic rings. The van der Waals surface area contributed by atoms with Crippen LogP contribution in [-0.4, -0.2) is 45.3 Å². The van der Waals surface area contributed by atoms with E-state index in [-0.39, 0.29) is 18.0 Å². The number of carbonyl (C=O) groups excluding carboxylic acids is 1. The number of nitrogens with zero attached hydrogens (tertiary/aromatic N) is 3. The molecule has 0 spiro atoms. The van der Waals surface area contributed by atoms with Crippen molar-refractivity contribution in [2.75, 3.05) is 13.2 Å². The van der Waals surface area contributed by atoms with Crippen molar-refractivity contribution in [3.05, 3.63) is 59.9 Å². The topological polar surface area (TPSA) is 56.6 Å². The second-order valence-electron chi connectivity index (χ2n) is 9.23. The van der Waals surface area contributed by atoms with Crippen molar-refractivity contribution in [3.8, 4) is 6.01 Å². The maximum atomic E-state index is 13.3. The first kappa shape index (κ1) is 22.1. The van der Waals surface area contributed by atoms with Gasteiger partial charge < -0.3 is 14.4 Å². The average Bonchev–Trinajstić information content (AvgIpc) is 3.10. The van der Waals surface area contributed by atoms with Gasteiger partial charge in [0.1, 0.15) is 18.0 Å². The predicted molar refractivity (Wildman–Crippen MR) is 121 cm³/mol. The molecule has 1 saturated heterocycles. The predicted octanol–water partition coefficient (Wildman–Crippen LogP) is 5.39.